The molecule has 1 unspecified atom stereocenters. The Morgan fingerprint density at radius 2 is 2.00 bits per heavy atom. The van der Waals surface area contributed by atoms with Gasteiger partial charge in [0.15, 0.2) is 0 Å². The number of nitrogens with one attached hydrogen (secondary N) is 1. The summed E-state index contributed by atoms with van der Waals surface area (Å²) in [6.07, 6.45) is 1.95. The summed E-state index contributed by atoms with van der Waals surface area (Å²) in [5.41, 5.74) is 3.65. The predicted molar refractivity (Wildman–Crippen MR) is 78.0 cm³/mol. The molecule has 0 aromatic heterocycles. The van der Waals surface area contributed by atoms with Gasteiger partial charge >= 0.3 is 0 Å². The van der Waals surface area contributed by atoms with Crippen LogP contribution in [0.15, 0.2) is 18.2 Å². The average Bonchev–Trinajstić information content (AvgIpc) is 2.33. The van der Waals surface area contributed by atoms with Gasteiger partial charge in [-0.1, -0.05) is 45.4 Å². The molecule has 1 rings (SSSR count). The van der Waals surface area contributed by atoms with Gasteiger partial charge in [-0.05, 0) is 42.5 Å². The van der Waals surface area contributed by atoms with Crippen LogP contribution in [0.2, 0.25) is 0 Å². The van der Waals surface area contributed by atoms with E-state index < -0.39 is 6.10 Å². The molecule has 1 aromatic rings. The van der Waals surface area contributed by atoms with Crippen molar-refractivity contribution in [2.24, 2.45) is 0 Å². The van der Waals surface area contributed by atoms with Crippen LogP contribution in [0.25, 0.3) is 0 Å². The van der Waals surface area contributed by atoms with Crippen molar-refractivity contribution < 1.29 is 5.11 Å². The molecule has 102 valence electrons. The minimum Gasteiger partial charge on any atom is -0.387 e. The quantitative estimate of drug-likeness (QED) is 0.724. The first-order valence-electron chi connectivity index (χ1n) is 7.05. The van der Waals surface area contributed by atoms with Crippen molar-refractivity contribution in [3.05, 3.63) is 34.9 Å². The fourth-order valence-corrected chi connectivity index (χ4v) is 2.21. The molecule has 0 aliphatic rings. The molecular weight excluding hydrogens is 222 g/mol. The summed E-state index contributed by atoms with van der Waals surface area (Å²) in [7, 11) is 0. The second kappa shape index (κ2) is 7.55. The summed E-state index contributed by atoms with van der Waals surface area (Å²) in [6, 6.07) is 6.31. The summed E-state index contributed by atoms with van der Waals surface area (Å²) in [4.78, 5) is 0. The first kappa shape index (κ1) is 15.2. The van der Waals surface area contributed by atoms with Gasteiger partial charge in [0.2, 0.25) is 0 Å². The molecule has 0 aliphatic carbocycles. The summed E-state index contributed by atoms with van der Waals surface area (Å²) in [5.74, 6) is 0.541. The lowest BCUT2D eigenvalue weighted by atomic mass is 9.95. The monoisotopic (exact) mass is 249 g/mol. The number of hydrogen-bond acceptors (Lipinski definition) is 2. The van der Waals surface area contributed by atoms with Crippen LogP contribution < -0.4 is 5.32 Å². The Hall–Kier alpha value is -0.860. The largest absolute Gasteiger partial charge is 0.387 e. The highest BCUT2D eigenvalue weighted by molar-refractivity contribution is 5.34. The summed E-state index contributed by atoms with van der Waals surface area (Å²) >= 11 is 0. The van der Waals surface area contributed by atoms with Crippen molar-refractivity contribution in [1.82, 2.24) is 5.32 Å². The minimum atomic E-state index is -0.401. The van der Waals surface area contributed by atoms with Gasteiger partial charge in [0.1, 0.15) is 0 Å². The molecule has 0 amide bonds. The lowest BCUT2D eigenvalue weighted by Gasteiger charge is -2.16. The number of aliphatic hydroxyl groups is 1. The SMILES string of the molecule is CCCCNCC(O)c1ccc(C(C)C)c(C)c1. The maximum Gasteiger partial charge on any atom is 0.0914 e. The number of benzene rings is 1. The Kier molecular flexibility index (Phi) is 6.37. The highest BCUT2D eigenvalue weighted by atomic mass is 16.3. The smallest absolute Gasteiger partial charge is 0.0914 e. The molecule has 0 saturated heterocycles. The van der Waals surface area contributed by atoms with Gasteiger partial charge < -0.3 is 10.4 Å². The molecule has 0 saturated carbocycles. The summed E-state index contributed by atoms with van der Waals surface area (Å²) in [6.45, 7) is 10.3. The van der Waals surface area contributed by atoms with Gasteiger partial charge in [0.25, 0.3) is 0 Å². The average molecular weight is 249 g/mol. The lowest BCUT2D eigenvalue weighted by molar-refractivity contribution is 0.174. The Labute approximate surface area is 111 Å². The van der Waals surface area contributed by atoms with Crippen LogP contribution in [0, 0.1) is 6.92 Å². The van der Waals surface area contributed by atoms with Crippen LogP contribution in [0.3, 0.4) is 0 Å². The first-order chi connectivity index (χ1) is 8.56. The molecule has 2 N–H and O–H groups in total. The van der Waals surface area contributed by atoms with Crippen molar-refractivity contribution in [3.8, 4) is 0 Å². The molecule has 0 radical (unpaired) electrons. The van der Waals surface area contributed by atoms with E-state index in [1.807, 2.05) is 0 Å². The number of hydrogen-bond donors (Lipinski definition) is 2. The van der Waals surface area contributed by atoms with Crippen LogP contribution in [0.1, 0.15) is 62.3 Å². The molecule has 0 aliphatic heterocycles. The van der Waals surface area contributed by atoms with Crippen LogP contribution in [0.4, 0.5) is 0 Å². The molecule has 2 heteroatoms. The van der Waals surface area contributed by atoms with Crippen LogP contribution in [-0.4, -0.2) is 18.2 Å². The molecule has 18 heavy (non-hydrogen) atoms. The van der Waals surface area contributed by atoms with E-state index in [9.17, 15) is 5.11 Å². The number of aliphatic hydroxyl groups excluding tert-OH is 1. The third-order valence-electron chi connectivity index (χ3n) is 3.35. The zero-order chi connectivity index (χ0) is 13.5. The molecule has 0 spiro atoms. The first-order valence-corrected chi connectivity index (χ1v) is 7.05. The Morgan fingerprint density at radius 1 is 1.28 bits per heavy atom. The summed E-state index contributed by atoms with van der Waals surface area (Å²) < 4.78 is 0. The van der Waals surface area contributed by atoms with Gasteiger partial charge in [-0.3, -0.25) is 0 Å². The van der Waals surface area contributed by atoms with Crippen molar-refractivity contribution in [3.63, 3.8) is 0 Å². The lowest BCUT2D eigenvalue weighted by Crippen LogP contribution is -2.22. The van der Waals surface area contributed by atoms with E-state index in [4.69, 9.17) is 0 Å². The van der Waals surface area contributed by atoms with Gasteiger partial charge in [0.05, 0.1) is 6.10 Å². The van der Waals surface area contributed by atoms with Crippen LogP contribution >= 0.6 is 0 Å². The van der Waals surface area contributed by atoms with Crippen LogP contribution in [0.5, 0.6) is 0 Å². The maximum absolute atomic E-state index is 10.1. The standard InChI is InChI=1S/C16H27NO/c1-5-6-9-17-11-16(18)14-7-8-15(12(2)3)13(4)10-14/h7-8,10,12,16-18H,5-6,9,11H2,1-4H3. The van der Waals surface area contributed by atoms with Crippen molar-refractivity contribution >= 4 is 0 Å². The Balaban J connectivity index is 2.58. The predicted octanol–water partition coefficient (Wildman–Crippen LogP) is 3.54. The molecule has 0 fully saturated rings. The fourth-order valence-electron chi connectivity index (χ4n) is 2.21. The molecule has 0 bridgehead atoms. The van der Waals surface area contributed by atoms with Crippen molar-refractivity contribution in [1.29, 1.82) is 0 Å². The Morgan fingerprint density at radius 3 is 2.56 bits per heavy atom. The normalized spacial score (nSPS) is 13.0. The van der Waals surface area contributed by atoms with E-state index in [2.05, 4.69) is 51.2 Å². The van der Waals surface area contributed by atoms with E-state index in [0.29, 0.717) is 12.5 Å². The molecule has 0 heterocycles. The highest BCUT2D eigenvalue weighted by Gasteiger charge is 2.10. The molecule has 2 nitrogen and oxygen atoms in total. The highest BCUT2D eigenvalue weighted by Crippen LogP contribution is 2.22. The zero-order valence-corrected chi connectivity index (χ0v) is 12.2. The maximum atomic E-state index is 10.1. The van der Waals surface area contributed by atoms with Gasteiger partial charge in [0, 0.05) is 6.54 Å². The molecular formula is C16H27NO. The van der Waals surface area contributed by atoms with Gasteiger partial charge in [-0.25, -0.2) is 0 Å². The number of unbranched alkanes of at least 4 members (excludes halogenated alkanes) is 1. The Bertz CT molecular complexity index is 360. The zero-order valence-electron chi connectivity index (χ0n) is 12.2. The topological polar surface area (TPSA) is 32.3 Å². The van der Waals surface area contributed by atoms with Gasteiger partial charge in [-0.2, -0.15) is 0 Å². The number of rotatable bonds is 7. The van der Waals surface area contributed by atoms with E-state index in [1.165, 1.54) is 17.5 Å². The third-order valence-corrected chi connectivity index (χ3v) is 3.35. The minimum absolute atomic E-state index is 0.401. The van der Waals surface area contributed by atoms with Crippen molar-refractivity contribution in [2.45, 2.75) is 52.6 Å². The second-order valence-electron chi connectivity index (χ2n) is 5.34. The van der Waals surface area contributed by atoms with Crippen LogP contribution in [-0.2, 0) is 0 Å². The van der Waals surface area contributed by atoms with E-state index in [1.54, 1.807) is 0 Å². The second-order valence-corrected chi connectivity index (χ2v) is 5.34. The van der Waals surface area contributed by atoms with Crippen molar-refractivity contribution in [2.75, 3.05) is 13.1 Å². The van der Waals surface area contributed by atoms with E-state index >= 15 is 0 Å². The summed E-state index contributed by atoms with van der Waals surface area (Å²) in [5, 5.41) is 13.4. The fraction of sp³-hybridized carbons (Fsp3) is 0.625. The van der Waals surface area contributed by atoms with Gasteiger partial charge in [-0.15, -0.1) is 0 Å². The van der Waals surface area contributed by atoms with E-state index in [-0.39, 0.29) is 0 Å². The number of aryl methyl sites for hydroxylation is 1. The van der Waals surface area contributed by atoms with E-state index in [0.717, 1.165) is 18.5 Å². The molecule has 1 atom stereocenters. The third kappa shape index (κ3) is 4.43. The molecule has 1 aromatic carbocycles.